The maximum atomic E-state index is 13.2. The Hall–Kier alpha value is -5.22. The smallest absolute Gasteiger partial charge is 0.339 e. The van der Waals surface area contributed by atoms with Crippen LogP contribution in [0, 0.1) is 0 Å². The molecule has 204 valence electrons. The zero-order valence-corrected chi connectivity index (χ0v) is 22.9. The summed E-state index contributed by atoms with van der Waals surface area (Å²) in [6.45, 7) is -0.481. The predicted octanol–water partition coefficient (Wildman–Crippen LogP) is 6.58. The molecule has 6 rings (SSSR count). The highest BCUT2D eigenvalue weighted by molar-refractivity contribution is 7.14. The van der Waals surface area contributed by atoms with Crippen molar-refractivity contribution in [3.63, 3.8) is 0 Å². The van der Waals surface area contributed by atoms with E-state index < -0.39 is 18.5 Å². The minimum atomic E-state index is -0.639. The Morgan fingerprint density at radius 1 is 0.902 bits per heavy atom. The Morgan fingerprint density at radius 2 is 1.71 bits per heavy atom. The number of para-hydroxylation sites is 2. The SMILES string of the molecule is COc1ccc(-c2csc(NC(=O)COC(=O)c3cccc4cccc(-c5nc6ccccc6o5)c34)n2)cc1OC. The lowest BCUT2D eigenvalue weighted by Crippen LogP contribution is -2.21. The van der Waals surface area contributed by atoms with Crippen molar-refractivity contribution < 1.29 is 28.2 Å². The molecule has 0 atom stereocenters. The molecule has 0 aliphatic rings. The minimum absolute atomic E-state index is 0.304. The van der Waals surface area contributed by atoms with Crippen molar-refractivity contribution >= 4 is 50.2 Å². The standard InChI is InChI=1S/C31H23N3O6S/c1-37-25-14-13-19(15-26(25)38-2)23-17-41-31(33-23)34-27(35)16-39-30(36)21-10-6-8-18-7-5-9-20(28(18)21)29-32-22-11-3-4-12-24(22)40-29/h3-15,17H,16H2,1-2H3,(H,33,34,35). The van der Waals surface area contributed by atoms with Crippen LogP contribution in [0.2, 0.25) is 0 Å². The monoisotopic (exact) mass is 565 g/mol. The molecule has 1 amide bonds. The number of benzene rings is 4. The van der Waals surface area contributed by atoms with Gasteiger partial charge in [-0.3, -0.25) is 10.1 Å². The summed E-state index contributed by atoms with van der Waals surface area (Å²) in [5.74, 6) is 0.423. The molecule has 0 radical (unpaired) electrons. The normalized spacial score (nSPS) is 11.0. The van der Waals surface area contributed by atoms with Gasteiger partial charge < -0.3 is 18.6 Å². The average molecular weight is 566 g/mol. The summed E-state index contributed by atoms with van der Waals surface area (Å²) in [7, 11) is 3.13. The molecular weight excluding hydrogens is 542 g/mol. The van der Waals surface area contributed by atoms with Crippen LogP contribution >= 0.6 is 11.3 Å². The van der Waals surface area contributed by atoms with Gasteiger partial charge in [-0.25, -0.2) is 14.8 Å². The van der Waals surface area contributed by atoms with Crippen molar-refractivity contribution in [2.45, 2.75) is 0 Å². The Kier molecular flexibility index (Phi) is 7.05. The van der Waals surface area contributed by atoms with Gasteiger partial charge in [0, 0.05) is 21.9 Å². The second-order valence-electron chi connectivity index (χ2n) is 8.93. The van der Waals surface area contributed by atoms with Crippen LogP contribution in [0.3, 0.4) is 0 Å². The summed E-state index contributed by atoms with van der Waals surface area (Å²) < 4.78 is 22.0. The van der Waals surface area contributed by atoms with E-state index in [-0.39, 0.29) is 0 Å². The molecule has 4 aromatic carbocycles. The Balaban J connectivity index is 1.18. The fraction of sp³-hybridized carbons (Fsp3) is 0.0968. The quantitative estimate of drug-likeness (QED) is 0.206. The number of hydrogen-bond acceptors (Lipinski definition) is 9. The lowest BCUT2D eigenvalue weighted by molar-refractivity contribution is -0.119. The van der Waals surface area contributed by atoms with Crippen molar-refractivity contribution in [1.29, 1.82) is 0 Å². The number of nitrogens with zero attached hydrogens (tertiary/aromatic N) is 2. The third-order valence-corrected chi connectivity index (χ3v) is 7.17. The number of methoxy groups -OCH3 is 2. The zero-order valence-electron chi connectivity index (χ0n) is 22.0. The first kappa shape index (κ1) is 26.0. The maximum absolute atomic E-state index is 13.2. The molecule has 0 fully saturated rings. The third kappa shape index (κ3) is 5.20. The van der Waals surface area contributed by atoms with Gasteiger partial charge >= 0.3 is 5.97 Å². The minimum Gasteiger partial charge on any atom is -0.493 e. The number of amides is 1. The van der Waals surface area contributed by atoms with Gasteiger partial charge in [-0.2, -0.15) is 0 Å². The summed E-state index contributed by atoms with van der Waals surface area (Å²) in [6.07, 6.45) is 0. The van der Waals surface area contributed by atoms with Crippen molar-refractivity contribution in [3.05, 3.63) is 89.8 Å². The second kappa shape index (κ2) is 11.1. The number of aromatic nitrogens is 2. The molecule has 0 aliphatic heterocycles. The molecule has 0 saturated heterocycles. The van der Waals surface area contributed by atoms with Crippen LogP contribution in [-0.4, -0.2) is 42.7 Å². The number of esters is 1. The van der Waals surface area contributed by atoms with Gasteiger partial charge in [0.05, 0.1) is 25.5 Å². The molecule has 1 N–H and O–H groups in total. The largest absolute Gasteiger partial charge is 0.493 e. The van der Waals surface area contributed by atoms with Crippen LogP contribution in [-0.2, 0) is 9.53 Å². The summed E-state index contributed by atoms with van der Waals surface area (Å²) in [4.78, 5) is 34.9. The molecule has 9 nitrogen and oxygen atoms in total. The summed E-state index contributed by atoms with van der Waals surface area (Å²) in [6, 6.07) is 23.8. The molecule has 0 saturated carbocycles. The number of oxazole rings is 1. The molecule has 0 spiro atoms. The van der Waals surface area contributed by atoms with Gasteiger partial charge in [-0.15, -0.1) is 11.3 Å². The summed E-state index contributed by atoms with van der Waals surface area (Å²) in [5.41, 5.74) is 3.78. The maximum Gasteiger partial charge on any atom is 0.339 e. The average Bonchev–Trinajstić information content (AvgIpc) is 3.66. The fourth-order valence-corrected chi connectivity index (χ4v) is 5.24. The number of fused-ring (bicyclic) bond motifs is 2. The number of hydrogen-bond donors (Lipinski definition) is 1. The first-order valence-electron chi connectivity index (χ1n) is 12.6. The highest BCUT2D eigenvalue weighted by Crippen LogP contribution is 2.34. The number of thiazole rings is 1. The van der Waals surface area contributed by atoms with E-state index in [4.69, 9.17) is 18.6 Å². The van der Waals surface area contributed by atoms with Crippen LogP contribution in [0.5, 0.6) is 11.5 Å². The predicted molar refractivity (Wildman–Crippen MR) is 157 cm³/mol. The highest BCUT2D eigenvalue weighted by atomic mass is 32.1. The number of anilines is 1. The second-order valence-corrected chi connectivity index (χ2v) is 9.79. The van der Waals surface area contributed by atoms with Crippen molar-refractivity contribution in [2.24, 2.45) is 0 Å². The fourth-order valence-electron chi connectivity index (χ4n) is 4.50. The van der Waals surface area contributed by atoms with Gasteiger partial charge in [-0.1, -0.05) is 36.4 Å². The molecule has 0 unspecified atom stereocenters. The van der Waals surface area contributed by atoms with Crippen LogP contribution in [0.15, 0.2) is 88.7 Å². The summed E-state index contributed by atoms with van der Waals surface area (Å²) in [5, 5.41) is 6.32. The van der Waals surface area contributed by atoms with Crippen LogP contribution in [0.1, 0.15) is 10.4 Å². The van der Waals surface area contributed by atoms with E-state index in [0.717, 1.165) is 10.9 Å². The first-order valence-corrected chi connectivity index (χ1v) is 13.4. The molecule has 10 heteroatoms. The Labute approximate surface area is 238 Å². The highest BCUT2D eigenvalue weighted by Gasteiger charge is 2.20. The molecular formula is C31H23N3O6S. The number of carbonyl (C=O) groups is 2. The number of nitrogens with one attached hydrogen (secondary N) is 1. The van der Waals surface area contributed by atoms with Gasteiger partial charge in [0.25, 0.3) is 5.91 Å². The van der Waals surface area contributed by atoms with E-state index in [2.05, 4.69) is 15.3 Å². The van der Waals surface area contributed by atoms with E-state index >= 15 is 0 Å². The first-order chi connectivity index (χ1) is 20.0. The van der Waals surface area contributed by atoms with Crippen molar-refractivity contribution in [3.8, 4) is 34.2 Å². The van der Waals surface area contributed by atoms with Gasteiger partial charge in [-0.05, 0) is 47.9 Å². The van der Waals surface area contributed by atoms with Crippen molar-refractivity contribution in [1.82, 2.24) is 9.97 Å². The zero-order chi connectivity index (χ0) is 28.3. The van der Waals surface area contributed by atoms with Crippen LogP contribution in [0.4, 0.5) is 5.13 Å². The molecule has 2 aromatic heterocycles. The van der Waals surface area contributed by atoms with E-state index in [1.165, 1.54) is 11.3 Å². The lowest BCUT2D eigenvalue weighted by Gasteiger charge is -2.10. The Bertz CT molecular complexity index is 1870. The van der Waals surface area contributed by atoms with Gasteiger partial charge in [0.2, 0.25) is 5.89 Å². The van der Waals surface area contributed by atoms with Crippen LogP contribution in [0.25, 0.3) is 44.6 Å². The third-order valence-electron chi connectivity index (χ3n) is 6.41. The van der Waals surface area contributed by atoms with Crippen LogP contribution < -0.4 is 14.8 Å². The molecule has 0 bridgehead atoms. The molecule has 2 heterocycles. The number of rotatable bonds is 8. The number of ether oxygens (including phenoxy) is 3. The van der Waals surface area contributed by atoms with E-state index in [1.807, 2.05) is 60.0 Å². The Morgan fingerprint density at radius 3 is 2.51 bits per heavy atom. The van der Waals surface area contributed by atoms with E-state index in [9.17, 15) is 9.59 Å². The van der Waals surface area contributed by atoms with Crippen molar-refractivity contribution in [2.75, 3.05) is 26.1 Å². The molecule has 6 aromatic rings. The van der Waals surface area contributed by atoms with E-state index in [0.29, 0.717) is 55.8 Å². The summed E-state index contributed by atoms with van der Waals surface area (Å²) >= 11 is 1.26. The number of carbonyl (C=O) groups excluding carboxylic acids is 2. The topological polar surface area (TPSA) is 113 Å². The van der Waals surface area contributed by atoms with Gasteiger partial charge in [0.15, 0.2) is 28.8 Å². The molecule has 41 heavy (non-hydrogen) atoms. The molecule has 0 aliphatic carbocycles. The van der Waals surface area contributed by atoms with E-state index in [1.54, 1.807) is 38.5 Å². The lowest BCUT2D eigenvalue weighted by atomic mass is 9.99. The van der Waals surface area contributed by atoms with Gasteiger partial charge in [0.1, 0.15) is 5.52 Å².